The van der Waals surface area contributed by atoms with Crippen molar-refractivity contribution >= 4 is 0 Å². The van der Waals surface area contributed by atoms with Crippen molar-refractivity contribution in [2.75, 3.05) is 13.1 Å². The smallest absolute Gasteiger partial charge is 0.108 e. The van der Waals surface area contributed by atoms with Crippen molar-refractivity contribution in [2.45, 2.75) is 45.1 Å². The average molecular weight is 207 g/mol. The molecule has 15 heavy (non-hydrogen) atoms. The molecular weight excluding hydrogens is 186 g/mol. The van der Waals surface area contributed by atoms with Gasteiger partial charge in [0.2, 0.25) is 0 Å². The van der Waals surface area contributed by atoms with Crippen molar-refractivity contribution in [3.05, 3.63) is 18.2 Å². The highest BCUT2D eigenvalue weighted by atomic mass is 15.1. The second-order valence-corrected chi connectivity index (χ2v) is 4.34. The summed E-state index contributed by atoms with van der Waals surface area (Å²) < 4.78 is 2.40. The van der Waals surface area contributed by atoms with Crippen LogP contribution in [-0.4, -0.2) is 22.6 Å². The Balaban J connectivity index is 2.08. The number of nitrogens with zero attached hydrogens (tertiary/aromatic N) is 2. The average Bonchev–Trinajstić information content (AvgIpc) is 2.53. The Morgan fingerprint density at radius 1 is 1.47 bits per heavy atom. The molecule has 1 N–H and O–H groups in total. The SMILES string of the molecule is CCCc1nccn1C1CCCNCC1. The fourth-order valence-corrected chi connectivity index (χ4v) is 2.37. The van der Waals surface area contributed by atoms with Crippen LogP contribution in [0, 0.1) is 0 Å². The molecule has 2 heterocycles. The van der Waals surface area contributed by atoms with E-state index in [1.54, 1.807) is 0 Å². The minimum atomic E-state index is 0.670. The molecule has 0 bridgehead atoms. The molecule has 1 aliphatic heterocycles. The van der Waals surface area contributed by atoms with E-state index in [0.717, 1.165) is 13.0 Å². The molecule has 0 amide bonds. The molecule has 1 atom stereocenters. The van der Waals surface area contributed by atoms with Crippen LogP contribution in [0.2, 0.25) is 0 Å². The molecule has 3 heteroatoms. The van der Waals surface area contributed by atoms with Crippen LogP contribution < -0.4 is 5.32 Å². The normalized spacial score (nSPS) is 22.6. The van der Waals surface area contributed by atoms with Gasteiger partial charge in [-0.3, -0.25) is 0 Å². The second-order valence-electron chi connectivity index (χ2n) is 4.34. The van der Waals surface area contributed by atoms with E-state index in [4.69, 9.17) is 0 Å². The predicted octanol–water partition coefficient (Wildman–Crippen LogP) is 2.15. The number of hydrogen-bond donors (Lipinski definition) is 1. The third kappa shape index (κ3) is 2.59. The van der Waals surface area contributed by atoms with E-state index in [1.807, 2.05) is 6.20 Å². The van der Waals surface area contributed by atoms with Gasteiger partial charge >= 0.3 is 0 Å². The van der Waals surface area contributed by atoms with E-state index in [-0.39, 0.29) is 0 Å². The first-order valence-corrected chi connectivity index (χ1v) is 6.14. The quantitative estimate of drug-likeness (QED) is 0.823. The van der Waals surface area contributed by atoms with Crippen molar-refractivity contribution in [2.24, 2.45) is 0 Å². The van der Waals surface area contributed by atoms with Gasteiger partial charge in [-0.1, -0.05) is 6.92 Å². The van der Waals surface area contributed by atoms with Gasteiger partial charge in [-0.25, -0.2) is 4.98 Å². The lowest BCUT2D eigenvalue weighted by molar-refractivity contribution is 0.438. The first-order chi connectivity index (χ1) is 7.42. The summed E-state index contributed by atoms with van der Waals surface area (Å²) in [6.45, 7) is 4.54. The first-order valence-electron chi connectivity index (χ1n) is 6.14. The number of hydrogen-bond acceptors (Lipinski definition) is 2. The van der Waals surface area contributed by atoms with Gasteiger partial charge in [-0.15, -0.1) is 0 Å². The van der Waals surface area contributed by atoms with E-state index in [9.17, 15) is 0 Å². The fraction of sp³-hybridized carbons (Fsp3) is 0.750. The molecule has 0 aliphatic carbocycles. The Hall–Kier alpha value is -0.830. The van der Waals surface area contributed by atoms with Gasteiger partial charge in [0.05, 0.1) is 0 Å². The van der Waals surface area contributed by atoms with Gasteiger partial charge in [0.15, 0.2) is 0 Å². The van der Waals surface area contributed by atoms with Crippen LogP contribution in [0.4, 0.5) is 0 Å². The van der Waals surface area contributed by atoms with E-state index in [2.05, 4.69) is 28.0 Å². The maximum atomic E-state index is 4.45. The van der Waals surface area contributed by atoms with Crippen molar-refractivity contribution < 1.29 is 0 Å². The Morgan fingerprint density at radius 2 is 2.40 bits per heavy atom. The largest absolute Gasteiger partial charge is 0.332 e. The highest BCUT2D eigenvalue weighted by molar-refractivity contribution is 4.96. The lowest BCUT2D eigenvalue weighted by Crippen LogP contribution is -2.16. The number of aryl methyl sites for hydroxylation is 1. The Kier molecular flexibility index (Phi) is 3.78. The lowest BCUT2D eigenvalue weighted by atomic mass is 10.1. The standard InChI is InChI=1S/C12H21N3/c1-2-4-12-14-9-10-15(12)11-5-3-7-13-8-6-11/h9-11,13H,2-8H2,1H3. The maximum absolute atomic E-state index is 4.45. The molecule has 1 unspecified atom stereocenters. The van der Waals surface area contributed by atoms with Crippen LogP contribution in [-0.2, 0) is 6.42 Å². The zero-order valence-electron chi connectivity index (χ0n) is 9.58. The molecule has 1 aliphatic rings. The van der Waals surface area contributed by atoms with Gasteiger partial charge in [-0.2, -0.15) is 0 Å². The summed E-state index contributed by atoms with van der Waals surface area (Å²) in [6, 6.07) is 0.670. The van der Waals surface area contributed by atoms with Crippen LogP contribution in [0.15, 0.2) is 12.4 Å². The summed E-state index contributed by atoms with van der Waals surface area (Å²) in [5.74, 6) is 1.27. The first kappa shape index (κ1) is 10.7. The van der Waals surface area contributed by atoms with E-state index < -0.39 is 0 Å². The molecule has 1 aromatic rings. The van der Waals surface area contributed by atoms with Crippen molar-refractivity contribution in [3.8, 4) is 0 Å². The summed E-state index contributed by atoms with van der Waals surface area (Å²) in [5.41, 5.74) is 0. The highest BCUT2D eigenvalue weighted by Gasteiger charge is 2.15. The molecule has 0 spiro atoms. The van der Waals surface area contributed by atoms with Crippen LogP contribution >= 0.6 is 0 Å². The van der Waals surface area contributed by atoms with Crippen LogP contribution in [0.3, 0.4) is 0 Å². The minimum absolute atomic E-state index is 0.670. The van der Waals surface area contributed by atoms with Gasteiger partial charge in [0, 0.05) is 24.9 Å². The van der Waals surface area contributed by atoms with Gasteiger partial charge in [0.25, 0.3) is 0 Å². The van der Waals surface area contributed by atoms with Gasteiger partial charge in [0.1, 0.15) is 5.82 Å². The molecule has 1 aromatic heterocycles. The third-order valence-corrected chi connectivity index (χ3v) is 3.16. The number of rotatable bonds is 3. The molecule has 0 saturated carbocycles. The minimum Gasteiger partial charge on any atom is -0.332 e. The summed E-state index contributed by atoms with van der Waals surface area (Å²) in [4.78, 5) is 4.45. The van der Waals surface area contributed by atoms with E-state index in [1.165, 1.54) is 38.1 Å². The molecule has 1 saturated heterocycles. The Bertz CT molecular complexity index is 285. The molecule has 1 fully saturated rings. The van der Waals surface area contributed by atoms with Crippen molar-refractivity contribution in [1.82, 2.24) is 14.9 Å². The summed E-state index contributed by atoms with van der Waals surface area (Å²) in [7, 11) is 0. The zero-order valence-corrected chi connectivity index (χ0v) is 9.58. The topological polar surface area (TPSA) is 29.9 Å². The molecule has 0 aromatic carbocycles. The van der Waals surface area contributed by atoms with Crippen molar-refractivity contribution in [3.63, 3.8) is 0 Å². The summed E-state index contributed by atoms with van der Waals surface area (Å²) in [5, 5.41) is 3.46. The molecule has 84 valence electrons. The zero-order chi connectivity index (χ0) is 10.5. The number of imidazole rings is 1. The summed E-state index contributed by atoms with van der Waals surface area (Å²) in [6.07, 6.45) is 10.2. The van der Waals surface area contributed by atoms with E-state index >= 15 is 0 Å². The van der Waals surface area contributed by atoms with Gasteiger partial charge in [-0.05, 0) is 38.8 Å². The number of nitrogens with one attached hydrogen (secondary N) is 1. The van der Waals surface area contributed by atoms with Gasteiger partial charge < -0.3 is 9.88 Å². The maximum Gasteiger partial charge on any atom is 0.108 e. The highest BCUT2D eigenvalue weighted by Crippen LogP contribution is 2.21. The lowest BCUT2D eigenvalue weighted by Gasteiger charge is -2.18. The second kappa shape index (κ2) is 5.31. The van der Waals surface area contributed by atoms with Crippen LogP contribution in [0.1, 0.15) is 44.5 Å². The molecular formula is C12H21N3. The Morgan fingerprint density at radius 3 is 3.27 bits per heavy atom. The molecule has 2 rings (SSSR count). The summed E-state index contributed by atoms with van der Waals surface area (Å²) >= 11 is 0. The Labute approximate surface area is 91.9 Å². The van der Waals surface area contributed by atoms with Crippen LogP contribution in [0.5, 0.6) is 0 Å². The third-order valence-electron chi connectivity index (χ3n) is 3.16. The molecule has 3 nitrogen and oxygen atoms in total. The molecule has 0 radical (unpaired) electrons. The number of aromatic nitrogens is 2. The van der Waals surface area contributed by atoms with Crippen LogP contribution in [0.25, 0.3) is 0 Å². The van der Waals surface area contributed by atoms with E-state index in [0.29, 0.717) is 6.04 Å². The predicted molar refractivity (Wildman–Crippen MR) is 62.0 cm³/mol. The monoisotopic (exact) mass is 207 g/mol. The van der Waals surface area contributed by atoms with Crippen molar-refractivity contribution in [1.29, 1.82) is 0 Å². The fourth-order valence-electron chi connectivity index (χ4n) is 2.37.